The van der Waals surface area contributed by atoms with Gasteiger partial charge in [-0.2, -0.15) is 5.26 Å². The number of fused-ring (bicyclic) bond motifs is 3. The monoisotopic (exact) mass is 498 g/mol. The highest BCUT2D eigenvalue weighted by atomic mass is 35.5. The largest absolute Gasteiger partial charge is 0.497 e. The number of Topliss-reactive ketones (excluding diaryl/α,β-unsaturated/α-hetero) is 1. The molecule has 0 N–H and O–H groups in total. The summed E-state index contributed by atoms with van der Waals surface area (Å²) < 4.78 is 10.6. The molecule has 0 aliphatic carbocycles. The van der Waals surface area contributed by atoms with Crippen LogP contribution in [0.25, 0.3) is 6.08 Å². The number of halogens is 1. The standard InChI is InChI=1S/C29H23ClN2O4/c1-35-22-14-9-19(10-15-22)25-26(27(33)20-7-12-21(30)13-8-20)32-23-6-4-3-5-18(23)11-16-24(32)29(25,17-31)28(34)36-2/h3-16,24-26H,1-2H3/t24-,25+,26-,29-/m0/s1. The smallest absolute Gasteiger partial charge is 0.329 e. The van der Waals surface area contributed by atoms with E-state index >= 15 is 0 Å². The molecule has 4 atom stereocenters. The number of methoxy groups -OCH3 is 2. The summed E-state index contributed by atoms with van der Waals surface area (Å²) in [6.45, 7) is 0. The number of anilines is 1. The first kappa shape index (κ1) is 23.7. The molecule has 1 saturated heterocycles. The minimum absolute atomic E-state index is 0.219. The van der Waals surface area contributed by atoms with Crippen molar-refractivity contribution in [2.45, 2.75) is 18.0 Å². The van der Waals surface area contributed by atoms with E-state index in [-0.39, 0.29) is 5.78 Å². The molecule has 0 unspecified atom stereocenters. The first-order valence-electron chi connectivity index (χ1n) is 11.4. The number of ketones is 1. The molecule has 6 nitrogen and oxygen atoms in total. The van der Waals surface area contributed by atoms with Crippen molar-refractivity contribution in [3.63, 3.8) is 0 Å². The van der Waals surface area contributed by atoms with Gasteiger partial charge < -0.3 is 14.4 Å². The second kappa shape index (κ2) is 9.18. The summed E-state index contributed by atoms with van der Waals surface area (Å²) in [4.78, 5) is 29.7. The van der Waals surface area contributed by atoms with Crippen molar-refractivity contribution >= 4 is 35.1 Å². The van der Waals surface area contributed by atoms with Crippen molar-refractivity contribution in [2.24, 2.45) is 5.41 Å². The van der Waals surface area contributed by atoms with Crippen molar-refractivity contribution in [1.29, 1.82) is 5.26 Å². The van der Waals surface area contributed by atoms with Gasteiger partial charge >= 0.3 is 5.97 Å². The lowest BCUT2D eigenvalue weighted by atomic mass is 9.68. The third-order valence-electron chi connectivity index (χ3n) is 7.13. The molecule has 2 heterocycles. The maximum absolute atomic E-state index is 14.2. The number of benzene rings is 3. The molecule has 3 aromatic rings. The van der Waals surface area contributed by atoms with Gasteiger partial charge in [0.25, 0.3) is 0 Å². The van der Waals surface area contributed by atoms with Gasteiger partial charge in [-0.1, -0.05) is 54.1 Å². The SMILES string of the molecule is COC(=O)[C@]1(C#N)[C@H](c2ccc(OC)cc2)[C@@H](C(=O)c2ccc(Cl)cc2)N2c3ccccc3C=C[C@H]21. The quantitative estimate of drug-likeness (QED) is 0.351. The Hall–Kier alpha value is -4.08. The fourth-order valence-corrected chi connectivity index (χ4v) is 5.63. The number of carbonyl (C=O) groups excluding carboxylic acids is 2. The van der Waals surface area contributed by atoms with Crippen LogP contribution in [-0.4, -0.2) is 38.1 Å². The topological polar surface area (TPSA) is 79.6 Å². The first-order valence-corrected chi connectivity index (χ1v) is 11.8. The molecular formula is C29H23ClN2O4. The van der Waals surface area contributed by atoms with E-state index < -0.39 is 29.4 Å². The van der Waals surface area contributed by atoms with Gasteiger partial charge in [-0.15, -0.1) is 0 Å². The van der Waals surface area contributed by atoms with Crippen LogP contribution in [-0.2, 0) is 9.53 Å². The Bertz CT molecular complexity index is 1390. The lowest BCUT2D eigenvalue weighted by molar-refractivity contribution is -0.150. The summed E-state index contributed by atoms with van der Waals surface area (Å²) in [6, 6.07) is 22.1. The van der Waals surface area contributed by atoms with E-state index in [1.165, 1.54) is 7.11 Å². The van der Waals surface area contributed by atoms with Crippen LogP contribution in [0.3, 0.4) is 0 Å². The van der Waals surface area contributed by atoms with E-state index in [4.69, 9.17) is 21.1 Å². The van der Waals surface area contributed by atoms with Crippen LogP contribution in [0.2, 0.25) is 5.02 Å². The van der Waals surface area contributed by atoms with Crippen LogP contribution in [0.15, 0.2) is 78.9 Å². The Balaban J connectivity index is 1.79. The van der Waals surface area contributed by atoms with Crippen molar-refractivity contribution in [3.8, 4) is 11.8 Å². The normalized spacial score (nSPS) is 23.8. The lowest BCUT2D eigenvalue weighted by Gasteiger charge is -2.36. The van der Waals surface area contributed by atoms with Gasteiger partial charge in [0, 0.05) is 22.2 Å². The second-order valence-corrected chi connectivity index (χ2v) is 9.25. The van der Waals surface area contributed by atoms with Gasteiger partial charge in [0.15, 0.2) is 11.2 Å². The highest BCUT2D eigenvalue weighted by Gasteiger charge is 2.67. The Morgan fingerprint density at radius 3 is 2.33 bits per heavy atom. The number of esters is 1. The molecular weight excluding hydrogens is 476 g/mol. The predicted octanol–water partition coefficient (Wildman–Crippen LogP) is 5.28. The number of para-hydroxylation sites is 1. The fraction of sp³-hybridized carbons (Fsp3) is 0.207. The van der Waals surface area contributed by atoms with E-state index in [1.807, 2.05) is 41.3 Å². The van der Waals surface area contributed by atoms with E-state index in [0.29, 0.717) is 21.9 Å². The van der Waals surface area contributed by atoms with Crippen LogP contribution < -0.4 is 9.64 Å². The molecule has 3 aromatic carbocycles. The summed E-state index contributed by atoms with van der Waals surface area (Å²) in [5.41, 5.74) is 1.09. The zero-order valence-corrected chi connectivity index (χ0v) is 20.5. The summed E-state index contributed by atoms with van der Waals surface area (Å²) in [7, 11) is 2.83. The minimum Gasteiger partial charge on any atom is -0.497 e. The molecule has 0 amide bonds. The number of carbonyl (C=O) groups is 2. The maximum Gasteiger partial charge on any atom is 0.329 e. The highest BCUT2D eigenvalue weighted by molar-refractivity contribution is 6.30. The molecule has 5 rings (SSSR count). The molecule has 36 heavy (non-hydrogen) atoms. The summed E-state index contributed by atoms with van der Waals surface area (Å²) in [5.74, 6) is -1.11. The van der Waals surface area contributed by atoms with Gasteiger partial charge in [0.05, 0.1) is 26.3 Å². The molecule has 0 saturated carbocycles. The molecule has 1 fully saturated rings. The predicted molar refractivity (Wildman–Crippen MR) is 137 cm³/mol. The molecule has 2 aliphatic heterocycles. The van der Waals surface area contributed by atoms with Crippen LogP contribution in [0, 0.1) is 16.7 Å². The van der Waals surface area contributed by atoms with Crippen molar-refractivity contribution in [1.82, 2.24) is 0 Å². The highest BCUT2D eigenvalue weighted by Crippen LogP contribution is 2.56. The molecule has 0 bridgehead atoms. The fourth-order valence-electron chi connectivity index (χ4n) is 5.51. The van der Waals surface area contributed by atoms with Crippen LogP contribution in [0.4, 0.5) is 5.69 Å². The lowest BCUT2D eigenvalue weighted by Crippen LogP contribution is -2.46. The molecule has 0 radical (unpaired) electrons. The number of hydrogen-bond donors (Lipinski definition) is 0. The third-order valence-corrected chi connectivity index (χ3v) is 7.38. The average molecular weight is 499 g/mol. The van der Waals surface area contributed by atoms with E-state index in [1.54, 1.807) is 55.6 Å². The van der Waals surface area contributed by atoms with Gasteiger partial charge in [0.1, 0.15) is 11.8 Å². The third kappa shape index (κ3) is 3.47. The second-order valence-electron chi connectivity index (χ2n) is 8.81. The number of nitrogens with zero attached hydrogens (tertiary/aromatic N) is 2. The summed E-state index contributed by atoms with van der Waals surface area (Å²) in [6.07, 6.45) is 3.72. The zero-order valence-electron chi connectivity index (χ0n) is 19.7. The van der Waals surface area contributed by atoms with Crippen LogP contribution >= 0.6 is 11.6 Å². The minimum atomic E-state index is -1.68. The Morgan fingerprint density at radius 1 is 1.00 bits per heavy atom. The summed E-state index contributed by atoms with van der Waals surface area (Å²) >= 11 is 6.09. The van der Waals surface area contributed by atoms with E-state index in [0.717, 1.165) is 11.3 Å². The number of nitriles is 1. The molecule has 0 spiro atoms. The molecule has 7 heteroatoms. The van der Waals surface area contributed by atoms with Gasteiger partial charge in [-0.05, 0) is 53.6 Å². The van der Waals surface area contributed by atoms with E-state index in [2.05, 4.69) is 6.07 Å². The summed E-state index contributed by atoms with van der Waals surface area (Å²) in [5, 5.41) is 11.2. The Labute approximate surface area is 214 Å². The van der Waals surface area contributed by atoms with Crippen molar-refractivity contribution in [2.75, 3.05) is 19.1 Å². The van der Waals surface area contributed by atoms with Crippen LogP contribution in [0.1, 0.15) is 27.4 Å². The van der Waals surface area contributed by atoms with Gasteiger partial charge in [0.2, 0.25) is 0 Å². The number of rotatable bonds is 5. The Morgan fingerprint density at radius 2 is 1.69 bits per heavy atom. The Kier molecular flexibility index (Phi) is 6.03. The number of ether oxygens (including phenoxy) is 2. The molecule has 180 valence electrons. The van der Waals surface area contributed by atoms with E-state index in [9.17, 15) is 14.9 Å². The van der Waals surface area contributed by atoms with Gasteiger partial charge in [-0.3, -0.25) is 9.59 Å². The van der Waals surface area contributed by atoms with Gasteiger partial charge in [-0.25, -0.2) is 0 Å². The zero-order chi connectivity index (χ0) is 25.4. The number of hydrogen-bond acceptors (Lipinski definition) is 6. The maximum atomic E-state index is 14.2. The van der Waals surface area contributed by atoms with Crippen molar-refractivity contribution in [3.05, 3.63) is 101 Å². The van der Waals surface area contributed by atoms with Crippen molar-refractivity contribution < 1.29 is 19.1 Å². The average Bonchev–Trinajstić information content (AvgIpc) is 3.24. The van der Waals surface area contributed by atoms with Crippen LogP contribution in [0.5, 0.6) is 5.75 Å². The molecule has 2 aliphatic rings. The molecule has 0 aromatic heterocycles. The first-order chi connectivity index (χ1) is 17.5.